The van der Waals surface area contributed by atoms with E-state index in [0.29, 0.717) is 30.6 Å². The lowest BCUT2D eigenvalue weighted by atomic mass is 9.46. The number of fused-ring (bicyclic) bond motifs is 5. The SMILES string of the molecule is C[C@]12CC[C@H](O)CC1=CC[C@@H]1[C@@H]2CC[C@@]2(C)[C@H]1CC[C@]2(O)C(=O)CCSc1ccccc1. The molecule has 0 saturated heterocycles. The highest BCUT2D eigenvalue weighted by molar-refractivity contribution is 7.99. The smallest absolute Gasteiger partial charge is 0.165 e. The van der Waals surface area contributed by atoms with Crippen molar-refractivity contribution in [1.82, 2.24) is 0 Å². The first-order valence-corrected chi connectivity index (χ1v) is 13.6. The molecular weight excluding hydrogens is 416 g/mol. The Labute approximate surface area is 197 Å². The van der Waals surface area contributed by atoms with Gasteiger partial charge in [-0.25, -0.2) is 0 Å². The molecule has 3 nitrogen and oxygen atoms in total. The summed E-state index contributed by atoms with van der Waals surface area (Å²) >= 11 is 1.70. The molecule has 0 radical (unpaired) electrons. The fourth-order valence-corrected chi connectivity index (χ4v) is 8.97. The van der Waals surface area contributed by atoms with Crippen LogP contribution in [0, 0.1) is 28.6 Å². The van der Waals surface area contributed by atoms with E-state index in [-0.39, 0.29) is 22.7 Å². The number of benzene rings is 1. The maximum Gasteiger partial charge on any atom is 0.165 e. The summed E-state index contributed by atoms with van der Waals surface area (Å²) in [6.07, 6.45) is 10.2. The van der Waals surface area contributed by atoms with E-state index in [4.69, 9.17) is 0 Å². The van der Waals surface area contributed by atoms with Crippen molar-refractivity contribution in [2.75, 3.05) is 5.75 Å². The Morgan fingerprint density at radius 2 is 1.81 bits per heavy atom. The van der Waals surface area contributed by atoms with Crippen molar-refractivity contribution in [3.05, 3.63) is 42.0 Å². The number of aliphatic hydroxyl groups excluding tert-OH is 1. The first kappa shape index (κ1) is 22.7. The van der Waals surface area contributed by atoms with Crippen molar-refractivity contribution in [2.45, 2.75) is 88.2 Å². The van der Waals surface area contributed by atoms with Gasteiger partial charge in [-0.15, -0.1) is 11.8 Å². The highest BCUT2D eigenvalue weighted by atomic mass is 32.2. The molecule has 32 heavy (non-hydrogen) atoms. The van der Waals surface area contributed by atoms with Crippen LogP contribution in [0.4, 0.5) is 0 Å². The number of ketones is 1. The van der Waals surface area contributed by atoms with Gasteiger partial charge in [-0.3, -0.25) is 4.79 Å². The molecule has 0 unspecified atom stereocenters. The second kappa shape index (κ2) is 8.29. The van der Waals surface area contributed by atoms with Crippen LogP contribution in [0.5, 0.6) is 0 Å². The van der Waals surface area contributed by atoms with Gasteiger partial charge in [0.1, 0.15) is 5.60 Å². The van der Waals surface area contributed by atoms with Crippen molar-refractivity contribution in [2.24, 2.45) is 28.6 Å². The Morgan fingerprint density at radius 3 is 2.59 bits per heavy atom. The van der Waals surface area contributed by atoms with E-state index in [2.05, 4.69) is 32.1 Å². The van der Waals surface area contributed by atoms with Crippen LogP contribution in [0.25, 0.3) is 0 Å². The monoisotopic (exact) mass is 454 g/mol. The van der Waals surface area contributed by atoms with E-state index in [9.17, 15) is 15.0 Å². The predicted octanol–water partition coefficient (Wildman–Crippen LogP) is 5.79. The number of allylic oxidation sites excluding steroid dienone is 1. The first-order valence-electron chi connectivity index (χ1n) is 12.6. The van der Waals surface area contributed by atoms with Crippen molar-refractivity contribution < 1.29 is 15.0 Å². The minimum atomic E-state index is -1.17. The third-order valence-corrected chi connectivity index (χ3v) is 11.0. The maximum absolute atomic E-state index is 13.4. The molecule has 4 heteroatoms. The summed E-state index contributed by atoms with van der Waals surface area (Å²) in [5, 5.41) is 22.0. The molecule has 0 aromatic heterocycles. The zero-order valence-corrected chi connectivity index (χ0v) is 20.4. The van der Waals surface area contributed by atoms with Crippen molar-refractivity contribution in [3.63, 3.8) is 0 Å². The largest absolute Gasteiger partial charge is 0.393 e. The fraction of sp³-hybridized carbons (Fsp3) is 0.679. The van der Waals surface area contributed by atoms with E-state index in [1.54, 1.807) is 11.8 Å². The molecule has 3 fully saturated rings. The lowest BCUT2D eigenvalue weighted by Crippen LogP contribution is -2.57. The van der Waals surface area contributed by atoms with E-state index in [1.165, 1.54) is 10.5 Å². The molecule has 0 bridgehead atoms. The summed E-state index contributed by atoms with van der Waals surface area (Å²) in [7, 11) is 0. The number of thioether (sulfide) groups is 1. The second-order valence-corrected chi connectivity index (χ2v) is 12.5. The maximum atomic E-state index is 13.4. The molecule has 0 spiro atoms. The van der Waals surface area contributed by atoms with E-state index in [1.807, 2.05) is 18.2 Å². The van der Waals surface area contributed by atoms with Gasteiger partial charge in [0, 0.05) is 22.5 Å². The number of aliphatic hydroxyl groups is 2. The molecule has 0 heterocycles. The zero-order valence-electron chi connectivity index (χ0n) is 19.6. The van der Waals surface area contributed by atoms with E-state index < -0.39 is 5.60 Å². The summed E-state index contributed by atoms with van der Waals surface area (Å²) < 4.78 is 0. The number of hydrogen-bond donors (Lipinski definition) is 2. The van der Waals surface area contributed by atoms with Gasteiger partial charge in [0.25, 0.3) is 0 Å². The molecule has 1 aromatic carbocycles. The third kappa shape index (κ3) is 3.44. The predicted molar refractivity (Wildman–Crippen MR) is 129 cm³/mol. The van der Waals surface area contributed by atoms with Crippen LogP contribution in [-0.2, 0) is 4.79 Å². The second-order valence-electron chi connectivity index (χ2n) is 11.3. The standard InChI is InChI=1S/C28H38O3S/c1-26-14-10-20(29)18-19(26)8-9-22-23(26)11-15-27(2)24(22)12-16-28(27,31)25(30)13-17-32-21-6-4-3-5-7-21/h3-8,20,22-24,29,31H,9-18H2,1-2H3/t20-,22+,23-,24-,26-,27-,28-/m0/s1. The number of carbonyl (C=O) groups excluding carboxylic acids is 1. The number of Topliss-reactive ketones (excluding diaryl/α,β-unsaturated/α-hetero) is 1. The van der Waals surface area contributed by atoms with Crippen LogP contribution in [-0.4, -0.2) is 33.5 Å². The average Bonchev–Trinajstić information content (AvgIpc) is 3.07. The van der Waals surface area contributed by atoms with Gasteiger partial charge in [0.05, 0.1) is 6.10 Å². The normalized spacial score (nSPS) is 43.1. The van der Waals surface area contributed by atoms with Gasteiger partial charge in [-0.05, 0) is 86.7 Å². The average molecular weight is 455 g/mol. The van der Waals surface area contributed by atoms with Gasteiger partial charge in [0.15, 0.2) is 5.78 Å². The molecule has 4 aliphatic carbocycles. The molecule has 3 saturated carbocycles. The van der Waals surface area contributed by atoms with Crippen molar-refractivity contribution >= 4 is 17.5 Å². The molecule has 174 valence electrons. The lowest BCUT2D eigenvalue weighted by molar-refractivity contribution is -0.161. The Balaban J connectivity index is 1.31. The summed E-state index contributed by atoms with van der Waals surface area (Å²) in [6, 6.07) is 10.2. The van der Waals surface area contributed by atoms with Gasteiger partial charge < -0.3 is 10.2 Å². The topological polar surface area (TPSA) is 57.5 Å². The molecule has 0 aliphatic heterocycles. The zero-order chi connectivity index (χ0) is 22.6. The lowest BCUT2D eigenvalue weighted by Gasteiger charge is -2.58. The van der Waals surface area contributed by atoms with Crippen LogP contribution >= 0.6 is 11.8 Å². The molecule has 5 rings (SSSR count). The number of hydrogen-bond acceptors (Lipinski definition) is 4. The number of rotatable bonds is 5. The third-order valence-electron chi connectivity index (χ3n) is 10.0. The highest BCUT2D eigenvalue weighted by Crippen LogP contribution is 2.67. The Kier molecular flexibility index (Phi) is 5.87. The minimum absolute atomic E-state index is 0.0587. The molecule has 0 amide bonds. The van der Waals surface area contributed by atoms with Crippen LogP contribution in [0.2, 0.25) is 0 Å². The Bertz CT molecular complexity index is 897. The van der Waals surface area contributed by atoms with Crippen LogP contribution in [0.3, 0.4) is 0 Å². The van der Waals surface area contributed by atoms with Crippen molar-refractivity contribution in [3.8, 4) is 0 Å². The van der Waals surface area contributed by atoms with Gasteiger partial charge in [-0.1, -0.05) is 43.7 Å². The highest BCUT2D eigenvalue weighted by Gasteiger charge is 2.65. The van der Waals surface area contributed by atoms with Crippen LogP contribution in [0.1, 0.15) is 71.6 Å². The Morgan fingerprint density at radius 1 is 1.06 bits per heavy atom. The summed E-state index contributed by atoms with van der Waals surface area (Å²) in [5.74, 6) is 2.38. The van der Waals surface area contributed by atoms with Gasteiger partial charge in [-0.2, -0.15) is 0 Å². The van der Waals surface area contributed by atoms with Crippen LogP contribution < -0.4 is 0 Å². The number of carbonyl (C=O) groups is 1. The summed E-state index contributed by atoms with van der Waals surface area (Å²) in [4.78, 5) is 14.6. The fourth-order valence-electron chi connectivity index (χ4n) is 8.10. The minimum Gasteiger partial charge on any atom is -0.393 e. The van der Waals surface area contributed by atoms with Gasteiger partial charge in [0.2, 0.25) is 0 Å². The molecule has 7 atom stereocenters. The first-order chi connectivity index (χ1) is 15.3. The molecule has 1 aromatic rings. The summed E-state index contributed by atoms with van der Waals surface area (Å²) in [6.45, 7) is 4.65. The van der Waals surface area contributed by atoms with E-state index in [0.717, 1.165) is 50.7 Å². The Hall–Kier alpha value is -1.10. The summed E-state index contributed by atoms with van der Waals surface area (Å²) in [5.41, 5.74) is 0.190. The molecule has 2 N–H and O–H groups in total. The van der Waals surface area contributed by atoms with Crippen LogP contribution in [0.15, 0.2) is 46.9 Å². The molecular formula is C28H38O3S. The quantitative estimate of drug-likeness (QED) is 0.436. The molecule has 4 aliphatic rings. The van der Waals surface area contributed by atoms with Crippen molar-refractivity contribution in [1.29, 1.82) is 0 Å². The van der Waals surface area contributed by atoms with E-state index >= 15 is 0 Å². The van der Waals surface area contributed by atoms with Gasteiger partial charge >= 0.3 is 0 Å².